The van der Waals surface area contributed by atoms with Crippen LogP contribution in [0.5, 0.6) is 17.2 Å². The van der Waals surface area contributed by atoms with E-state index in [2.05, 4.69) is 38.2 Å². The highest BCUT2D eigenvalue weighted by Crippen LogP contribution is 2.35. The Morgan fingerprint density at radius 1 is 1.09 bits per heavy atom. The number of benzene rings is 2. The fourth-order valence-electron chi connectivity index (χ4n) is 5.37. The molecule has 6 rings (SSSR count). The topological polar surface area (TPSA) is 129 Å². The quantitative estimate of drug-likeness (QED) is 0.248. The number of hydrogen-bond acceptors (Lipinski definition) is 10. The highest BCUT2D eigenvalue weighted by molar-refractivity contribution is 5.95. The van der Waals surface area contributed by atoms with E-state index in [-0.39, 0.29) is 23.6 Å². The Hall–Kier alpha value is -5.44. The maximum absolute atomic E-state index is 15.3. The molecule has 224 valence electrons. The minimum atomic E-state index is -0.518. The van der Waals surface area contributed by atoms with E-state index < -0.39 is 5.82 Å². The van der Waals surface area contributed by atoms with Crippen LogP contribution in [0, 0.1) is 23.1 Å². The van der Waals surface area contributed by atoms with Gasteiger partial charge in [-0.1, -0.05) is 6.58 Å². The van der Waals surface area contributed by atoms with Gasteiger partial charge >= 0.3 is 0 Å². The van der Waals surface area contributed by atoms with Gasteiger partial charge in [-0.05, 0) is 43.2 Å². The van der Waals surface area contributed by atoms with Gasteiger partial charge in [0.05, 0.1) is 36.0 Å². The van der Waals surface area contributed by atoms with E-state index in [0.29, 0.717) is 66.0 Å². The van der Waals surface area contributed by atoms with E-state index in [9.17, 15) is 4.79 Å². The summed E-state index contributed by atoms with van der Waals surface area (Å²) in [5.74, 6) is 2.04. The number of anilines is 4. The summed E-state index contributed by atoms with van der Waals surface area (Å²) in [7, 11) is 1.60. The second kappa shape index (κ2) is 12.4. The van der Waals surface area contributed by atoms with Crippen LogP contribution in [-0.2, 0) is 4.79 Å². The lowest BCUT2D eigenvalue weighted by Gasteiger charge is -2.36. The molecule has 2 aromatic carbocycles. The molecule has 11 nitrogen and oxygen atoms in total. The molecule has 4 heterocycles. The van der Waals surface area contributed by atoms with E-state index >= 15 is 4.39 Å². The number of amides is 1. The first-order valence-electron chi connectivity index (χ1n) is 14.3. The van der Waals surface area contributed by atoms with Crippen LogP contribution in [0.25, 0.3) is 10.9 Å². The standard InChI is InChI=1S/C32H31FN8O3/c1-3-31(42)40-10-7-21(8-11-40)38-28-14-24-27(15-29(28)43-2)36-19-37-32(24)39-26-5-4-22(12-25(26)33)44-23-6-9-35-30(13-23)41-17-20(16-34)18-41/h3-6,9,12-15,19-21,38H,1,7-8,10-11,17-18H2,2H3,(H,36,37,39). The third-order valence-electron chi connectivity index (χ3n) is 7.83. The smallest absolute Gasteiger partial charge is 0.245 e. The Labute approximate surface area is 253 Å². The molecule has 2 saturated heterocycles. The molecule has 0 radical (unpaired) electrons. The molecule has 4 aromatic rings. The Balaban J connectivity index is 1.18. The van der Waals surface area contributed by atoms with E-state index in [4.69, 9.17) is 14.7 Å². The number of methoxy groups -OCH3 is 1. The van der Waals surface area contributed by atoms with Crippen LogP contribution in [-0.4, -0.2) is 65.1 Å². The van der Waals surface area contributed by atoms with E-state index in [1.54, 1.807) is 42.5 Å². The Bertz CT molecular complexity index is 1750. The molecule has 1 amide bonds. The van der Waals surface area contributed by atoms with Crippen LogP contribution >= 0.6 is 0 Å². The lowest BCUT2D eigenvalue weighted by atomic mass is 10.0. The number of fused-ring (bicyclic) bond motifs is 1. The van der Waals surface area contributed by atoms with E-state index in [1.807, 2.05) is 17.0 Å². The summed E-state index contributed by atoms with van der Waals surface area (Å²) >= 11 is 0. The molecule has 2 fully saturated rings. The number of ether oxygens (including phenoxy) is 2. The van der Waals surface area contributed by atoms with Crippen LogP contribution in [0.1, 0.15) is 12.8 Å². The first-order valence-corrected chi connectivity index (χ1v) is 14.3. The Morgan fingerprint density at radius 2 is 1.89 bits per heavy atom. The highest BCUT2D eigenvalue weighted by Gasteiger charge is 2.27. The van der Waals surface area contributed by atoms with Gasteiger partial charge in [0, 0.05) is 62.0 Å². The van der Waals surface area contributed by atoms with Crippen molar-refractivity contribution in [2.24, 2.45) is 5.92 Å². The van der Waals surface area contributed by atoms with Gasteiger partial charge in [-0.3, -0.25) is 4.79 Å². The molecule has 2 aliphatic rings. The fourth-order valence-corrected chi connectivity index (χ4v) is 5.37. The zero-order chi connectivity index (χ0) is 30.6. The number of piperidine rings is 1. The van der Waals surface area contributed by atoms with Crippen molar-refractivity contribution in [1.82, 2.24) is 19.9 Å². The normalized spacial score (nSPS) is 15.3. The van der Waals surface area contributed by atoms with Crippen molar-refractivity contribution in [2.75, 3.05) is 48.8 Å². The zero-order valence-electron chi connectivity index (χ0n) is 24.2. The summed E-state index contributed by atoms with van der Waals surface area (Å²) in [5, 5.41) is 16.4. The number of pyridine rings is 1. The van der Waals surface area contributed by atoms with Crippen molar-refractivity contribution in [3.8, 4) is 23.3 Å². The SMILES string of the molecule is C=CC(=O)N1CCC(Nc2cc3c(Nc4ccc(Oc5ccnc(N6CC(C#N)C6)c5)cc4F)ncnc3cc2OC)CC1. The zero-order valence-corrected chi connectivity index (χ0v) is 24.2. The molecule has 0 saturated carbocycles. The van der Waals surface area contributed by atoms with Crippen molar-refractivity contribution in [2.45, 2.75) is 18.9 Å². The number of carbonyl (C=O) groups excluding carboxylic acids is 1. The number of carbonyl (C=O) groups is 1. The summed E-state index contributed by atoms with van der Waals surface area (Å²) in [6, 6.07) is 14.1. The third-order valence-corrected chi connectivity index (χ3v) is 7.83. The first kappa shape index (κ1) is 28.7. The number of nitrogens with one attached hydrogen (secondary N) is 2. The number of nitrogens with zero attached hydrogens (tertiary/aromatic N) is 6. The lowest BCUT2D eigenvalue weighted by molar-refractivity contribution is -0.126. The Morgan fingerprint density at radius 3 is 2.61 bits per heavy atom. The van der Waals surface area contributed by atoms with Crippen molar-refractivity contribution in [3.05, 3.63) is 73.5 Å². The summed E-state index contributed by atoms with van der Waals surface area (Å²) < 4.78 is 26.9. The summed E-state index contributed by atoms with van der Waals surface area (Å²) in [5.41, 5.74) is 1.61. The maximum Gasteiger partial charge on any atom is 0.245 e. The monoisotopic (exact) mass is 594 g/mol. The van der Waals surface area contributed by atoms with E-state index in [1.165, 1.54) is 18.5 Å². The van der Waals surface area contributed by atoms with Gasteiger partial charge in [-0.25, -0.2) is 19.3 Å². The maximum atomic E-state index is 15.3. The van der Waals surface area contributed by atoms with Crippen LogP contribution < -0.4 is 25.0 Å². The molecule has 12 heteroatoms. The number of aromatic nitrogens is 3. The first-order chi connectivity index (χ1) is 21.4. The van der Waals surface area contributed by atoms with Crippen LogP contribution in [0.4, 0.5) is 27.4 Å². The Kier molecular flexibility index (Phi) is 8.10. The van der Waals surface area contributed by atoms with E-state index in [0.717, 1.165) is 18.5 Å². The number of halogens is 1. The molecule has 44 heavy (non-hydrogen) atoms. The predicted octanol–water partition coefficient (Wildman–Crippen LogP) is 5.26. The van der Waals surface area contributed by atoms with Gasteiger partial charge < -0.3 is 29.9 Å². The predicted molar refractivity (Wildman–Crippen MR) is 165 cm³/mol. The van der Waals surface area contributed by atoms with Gasteiger partial charge in [0.15, 0.2) is 0 Å². The molecule has 2 aromatic heterocycles. The van der Waals surface area contributed by atoms with Crippen molar-refractivity contribution in [3.63, 3.8) is 0 Å². The highest BCUT2D eigenvalue weighted by atomic mass is 19.1. The van der Waals surface area contributed by atoms with Gasteiger partial charge in [0.25, 0.3) is 0 Å². The fraction of sp³-hybridized carbons (Fsp3) is 0.281. The van der Waals surface area contributed by atoms with Crippen LogP contribution in [0.2, 0.25) is 0 Å². The molecule has 2 aliphatic heterocycles. The third kappa shape index (κ3) is 6.03. The lowest BCUT2D eigenvalue weighted by Crippen LogP contribution is -2.46. The summed E-state index contributed by atoms with van der Waals surface area (Å²) in [6.07, 6.45) is 5.93. The summed E-state index contributed by atoms with van der Waals surface area (Å²) in [4.78, 5) is 28.9. The minimum absolute atomic E-state index is 0.00580. The molecular weight excluding hydrogens is 563 g/mol. The second-order valence-electron chi connectivity index (χ2n) is 10.7. The van der Waals surface area contributed by atoms with Gasteiger partial charge in [-0.15, -0.1) is 0 Å². The van der Waals surface area contributed by atoms with Gasteiger partial charge in [0.1, 0.15) is 41.0 Å². The molecule has 0 aliphatic carbocycles. The number of hydrogen-bond donors (Lipinski definition) is 2. The van der Waals surface area contributed by atoms with Crippen molar-refractivity contribution < 1.29 is 18.7 Å². The molecule has 0 atom stereocenters. The van der Waals surface area contributed by atoms with Crippen LogP contribution in [0.15, 0.2) is 67.6 Å². The number of nitriles is 1. The van der Waals surface area contributed by atoms with Crippen molar-refractivity contribution in [1.29, 1.82) is 5.26 Å². The largest absolute Gasteiger partial charge is 0.495 e. The van der Waals surface area contributed by atoms with Gasteiger partial charge in [0.2, 0.25) is 5.91 Å². The summed E-state index contributed by atoms with van der Waals surface area (Å²) in [6.45, 7) is 6.10. The minimum Gasteiger partial charge on any atom is -0.495 e. The molecule has 0 unspecified atom stereocenters. The average molecular weight is 595 g/mol. The second-order valence-corrected chi connectivity index (χ2v) is 10.7. The van der Waals surface area contributed by atoms with Crippen LogP contribution in [0.3, 0.4) is 0 Å². The average Bonchev–Trinajstić information content (AvgIpc) is 3.02. The molecular formula is C32H31FN8O3. The molecule has 0 bridgehead atoms. The molecule has 2 N–H and O–H groups in total. The number of likely N-dealkylation sites (tertiary alicyclic amines) is 1. The van der Waals surface area contributed by atoms with Gasteiger partial charge in [-0.2, -0.15) is 5.26 Å². The molecule has 0 spiro atoms. The number of rotatable bonds is 9. The van der Waals surface area contributed by atoms with Crippen molar-refractivity contribution >= 4 is 39.8 Å².